The Balaban J connectivity index is 2.64. The van der Waals surface area contributed by atoms with Crippen LogP contribution in [0.5, 0.6) is 0 Å². The highest BCUT2D eigenvalue weighted by Gasteiger charge is 2.13. The van der Waals surface area contributed by atoms with Gasteiger partial charge in [-0.2, -0.15) is 10.5 Å². The zero-order valence-corrected chi connectivity index (χ0v) is 12.9. The van der Waals surface area contributed by atoms with Crippen molar-refractivity contribution >= 4 is 17.6 Å². The normalized spacial score (nSPS) is 9.35. The summed E-state index contributed by atoms with van der Waals surface area (Å²) in [6.07, 6.45) is 0.435. The number of esters is 1. The lowest BCUT2D eigenvalue weighted by molar-refractivity contribution is -0.129. The summed E-state index contributed by atoms with van der Waals surface area (Å²) in [6, 6.07) is 10.6. The van der Waals surface area contributed by atoms with Gasteiger partial charge in [-0.15, -0.1) is 0 Å². The van der Waals surface area contributed by atoms with E-state index in [0.717, 1.165) is 0 Å². The van der Waals surface area contributed by atoms with Gasteiger partial charge in [-0.25, -0.2) is 4.79 Å². The van der Waals surface area contributed by atoms with Crippen LogP contribution in [0.1, 0.15) is 23.2 Å². The minimum atomic E-state index is -0.454. The number of hydrogen-bond acceptors (Lipinski definition) is 6. The quantitative estimate of drug-likeness (QED) is 0.729. The molecule has 1 aromatic carbocycles. The summed E-state index contributed by atoms with van der Waals surface area (Å²) in [5.74, 6) is -0.663. The first-order chi connectivity index (χ1) is 11.1. The fourth-order valence-electron chi connectivity index (χ4n) is 1.89. The Kier molecular flexibility index (Phi) is 7.67. The van der Waals surface area contributed by atoms with E-state index < -0.39 is 5.97 Å². The number of methoxy groups -OCH3 is 1. The molecule has 0 aromatic heterocycles. The van der Waals surface area contributed by atoms with Crippen molar-refractivity contribution in [2.75, 3.05) is 32.1 Å². The molecule has 1 rings (SSSR count). The van der Waals surface area contributed by atoms with Crippen molar-refractivity contribution in [2.45, 2.75) is 12.8 Å². The lowest BCUT2D eigenvalue weighted by atomic mass is 10.2. The number of rotatable bonds is 8. The van der Waals surface area contributed by atoms with Gasteiger partial charge in [0.15, 0.2) is 0 Å². The number of hydrogen-bond donors (Lipinski definition) is 1. The summed E-state index contributed by atoms with van der Waals surface area (Å²) < 4.78 is 4.64. The van der Waals surface area contributed by atoms with Crippen LogP contribution in [0.4, 0.5) is 5.69 Å². The third kappa shape index (κ3) is 6.06. The van der Waals surface area contributed by atoms with Crippen molar-refractivity contribution in [3.8, 4) is 12.1 Å². The van der Waals surface area contributed by atoms with Crippen molar-refractivity contribution in [3.63, 3.8) is 0 Å². The SMILES string of the molecule is COC(=O)c1cccc(NCC(=O)N(CCC#N)CCC#N)c1. The Morgan fingerprint density at radius 2 is 1.87 bits per heavy atom. The number of nitrogens with one attached hydrogen (secondary N) is 1. The number of carbonyl (C=O) groups is 2. The molecule has 1 aromatic rings. The van der Waals surface area contributed by atoms with Gasteiger partial charge in [-0.1, -0.05) is 6.07 Å². The molecule has 0 aliphatic heterocycles. The van der Waals surface area contributed by atoms with Crippen LogP contribution in [-0.2, 0) is 9.53 Å². The Labute approximate surface area is 135 Å². The van der Waals surface area contributed by atoms with E-state index in [-0.39, 0.29) is 25.3 Å². The Hall–Kier alpha value is -3.06. The van der Waals surface area contributed by atoms with Crippen molar-refractivity contribution in [1.29, 1.82) is 10.5 Å². The van der Waals surface area contributed by atoms with Gasteiger partial charge in [0.2, 0.25) is 5.91 Å². The number of ether oxygens (including phenoxy) is 1. The third-order valence-electron chi connectivity index (χ3n) is 3.07. The topological polar surface area (TPSA) is 106 Å². The van der Waals surface area contributed by atoms with E-state index in [1.807, 2.05) is 12.1 Å². The molecular formula is C16H18N4O3. The van der Waals surface area contributed by atoms with Gasteiger partial charge in [0.1, 0.15) is 0 Å². The second-order valence-corrected chi connectivity index (χ2v) is 4.62. The van der Waals surface area contributed by atoms with Crippen LogP contribution in [0.2, 0.25) is 0 Å². The van der Waals surface area contributed by atoms with Crippen LogP contribution in [0.3, 0.4) is 0 Å². The molecule has 0 fully saturated rings. The number of carbonyl (C=O) groups excluding carboxylic acids is 2. The summed E-state index contributed by atoms with van der Waals surface area (Å²) in [5.41, 5.74) is 0.998. The van der Waals surface area contributed by atoms with E-state index in [1.165, 1.54) is 12.0 Å². The van der Waals surface area contributed by atoms with Crippen LogP contribution in [0.25, 0.3) is 0 Å². The summed E-state index contributed by atoms with van der Waals surface area (Å²) >= 11 is 0. The molecule has 0 aliphatic carbocycles. The molecule has 7 heteroatoms. The zero-order valence-electron chi connectivity index (χ0n) is 12.9. The largest absolute Gasteiger partial charge is 0.465 e. The van der Waals surface area contributed by atoms with Gasteiger partial charge in [0.05, 0.1) is 44.2 Å². The van der Waals surface area contributed by atoms with Crippen LogP contribution < -0.4 is 5.32 Å². The third-order valence-corrected chi connectivity index (χ3v) is 3.07. The first-order valence-electron chi connectivity index (χ1n) is 7.06. The van der Waals surface area contributed by atoms with E-state index in [9.17, 15) is 9.59 Å². The maximum atomic E-state index is 12.2. The van der Waals surface area contributed by atoms with E-state index in [2.05, 4.69) is 10.1 Å². The first-order valence-corrected chi connectivity index (χ1v) is 7.06. The summed E-state index contributed by atoms with van der Waals surface area (Å²) in [5, 5.41) is 20.2. The number of benzene rings is 1. The van der Waals surface area contributed by atoms with E-state index in [0.29, 0.717) is 24.3 Å². The number of anilines is 1. The highest BCUT2D eigenvalue weighted by molar-refractivity contribution is 5.90. The van der Waals surface area contributed by atoms with Gasteiger partial charge in [-0.05, 0) is 18.2 Å². The molecule has 0 spiro atoms. The minimum Gasteiger partial charge on any atom is -0.465 e. The molecule has 7 nitrogen and oxygen atoms in total. The Morgan fingerprint density at radius 1 is 1.22 bits per heavy atom. The maximum absolute atomic E-state index is 12.2. The molecule has 1 amide bonds. The summed E-state index contributed by atoms with van der Waals surface area (Å²) in [7, 11) is 1.30. The van der Waals surface area contributed by atoms with E-state index in [4.69, 9.17) is 10.5 Å². The second-order valence-electron chi connectivity index (χ2n) is 4.62. The number of amides is 1. The van der Waals surface area contributed by atoms with Gasteiger partial charge in [0.25, 0.3) is 0 Å². The molecule has 0 atom stereocenters. The average Bonchev–Trinajstić information content (AvgIpc) is 2.59. The fourth-order valence-corrected chi connectivity index (χ4v) is 1.89. The molecule has 0 bridgehead atoms. The molecule has 0 unspecified atom stereocenters. The van der Waals surface area contributed by atoms with E-state index in [1.54, 1.807) is 24.3 Å². The molecule has 1 N–H and O–H groups in total. The number of nitrogens with zero attached hydrogens (tertiary/aromatic N) is 3. The van der Waals surface area contributed by atoms with E-state index >= 15 is 0 Å². The van der Waals surface area contributed by atoms with Crippen molar-refractivity contribution < 1.29 is 14.3 Å². The molecular weight excluding hydrogens is 296 g/mol. The lowest BCUT2D eigenvalue weighted by Crippen LogP contribution is -2.36. The Morgan fingerprint density at radius 3 is 2.43 bits per heavy atom. The highest BCUT2D eigenvalue weighted by atomic mass is 16.5. The van der Waals surface area contributed by atoms with Crippen LogP contribution >= 0.6 is 0 Å². The van der Waals surface area contributed by atoms with Crippen molar-refractivity contribution in [3.05, 3.63) is 29.8 Å². The molecule has 0 saturated carbocycles. The highest BCUT2D eigenvalue weighted by Crippen LogP contribution is 2.11. The van der Waals surface area contributed by atoms with Crippen molar-refractivity contribution in [1.82, 2.24) is 4.90 Å². The van der Waals surface area contributed by atoms with Crippen LogP contribution in [0, 0.1) is 22.7 Å². The minimum absolute atomic E-state index is 0.0154. The predicted molar refractivity (Wildman–Crippen MR) is 83.3 cm³/mol. The summed E-state index contributed by atoms with van der Waals surface area (Å²) in [6.45, 7) is 0.600. The monoisotopic (exact) mass is 314 g/mol. The molecule has 0 aliphatic rings. The molecule has 0 heterocycles. The molecule has 0 saturated heterocycles. The maximum Gasteiger partial charge on any atom is 0.337 e. The smallest absolute Gasteiger partial charge is 0.337 e. The van der Waals surface area contributed by atoms with Crippen molar-refractivity contribution in [2.24, 2.45) is 0 Å². The first kappa shape index (κ1) is 18.0. The van der Waals surface area contributed by atoms with Gasteiger partial charge in [-0.3, -0.25) is 4.79 Å². The standard InChI is InChI=1S/C16H18N4O3/c1-23-16(22)13-5-2-6-14(11-13)19-12-15(21)20(9-3-7-17)10-4-8-18/h2,5-6,11,19H,3-4,9-10,12H2,1H3. The zero-order chi connectivity index (χ0) is 17.1. The van der Waals surface area contributed by atoms with Gasteiger partial charge in [0, 0.05) is 18.8 Å². The molecule has 120 valence electrons. The Bertz CT molecular complexity index is 613. The second kappa shape index (κ2) is 9.80. The molecule has 0 radical (unpaired) electrons. The molecule has 23 heavy (non-hydrogen) atoms. The van der Waals surface area contributed by atoms with Gasteiger partial charge >= 0.3 is 5.97 Å². The lowest BCUT2D eigenvalue weighted by Gasteiger charge is -2.20. The summed E-state index contributed by atoms with van der Waals surface area (Å²) in [4.78, 5) is 25.1. The van der Waals surface area contributed by atoms with Gasteiger partial charge < -0.3 is 15.0 Å². The fraction of sp³-hybridized carbons (Fsp3) is 0.375. The predicted octanol–water partition coefficient (Wildman–Crippen LogP) is 1.54. The number of nitriles is 2. The average molecular weight is 314 g/mol. The van der Waals surface area contributed by atoms with Crippen LogP contribution in [0.15, 0.2) is 24.3 Å². The van der Waals surface area contributed by atoms with Crippen LogP contribution in [-0.4, -0.2) is 43.5 Å².